The van der Waals surface area contributed by atoms with Gasteiger partial charge in [-0.05, 0) is 43.3 Å². The van der Waals surface area contributed by atoms with Crippen molar-refractivity contribution < 1.29 is 0 Å². The molecule has 0 aromatic rings. The summed E-state index contributed by atoms with van der Waals surface area (Å²) < 4.78 is 0. The zero-order chi connectivity index (χ0) is 17.4. The smallest absolute Gasteiger partial charge is 0.159 e. The second-order valence-corrected chi connectivity index (χ2v) is 13.9. The fourth-order valence-electron chi connectivity index (χ4n) is 3.18. The lowest BCUT2D eigenvalue weighted by molar-refractivity contribution is 0.625. The first-order chi connectivity index (χ1) is 11.1. The Morgan fingerprint density at radius 3 is 1.39 bits per heavy atom. The van der Waals surface area contributed by atoms with Crippen LogP contribution in [0.3, 0.4) is 0 Å². The number of halogens is 1. The van der Waals surface area contributed by atoms with Gasteiger partial charge in [0.15, 0.2) is 7.38 Å². The largest absolute Gasteiger partial charge is 0.167 e. The molecule has 0 nitrogen and oxygen atoms in total. The lowest BCUT2D eigenvalue weighted by atomic mass is 10.1. The molecule has 0 saturated carbocycles. The van der Waals surface area contributed by atoms with Gasteiger partial charge in [0.1, 0.15) is 0 Å². The average molecular weight is 357 g/mol. The Labute approximate surface area is 152 Å². The lowest BCUT2D eigenvalue weighted by Crippen LogP contribution is -2.30. The van der Waals surface area contributed by atoms with Gasteiger partial charge < -0.3 is 0 Å². The Bertz CT molecular complexity index is 264. The lowest BCUT2D eigenvalue weighted by Gasteiger charge is -2.29. The molecule has 0 amide bonds. The summed E-state index contributed by atoms with van der Waals surface area (Å²) in [5, 5.41) is 0. The summed E-state index contributed by atoms with van der Waals surface area (Å²) in [6.45, 7) is 12.3. The van der Waals surface area contributed by atoms with Gasteiger partial charge in [-0.1, -0.05) is 77.4 Å². The molecule has 0 rings (SSSR count). The molecule has 0 aliphatic rings. The normalized spacial score (nSPS) is 11.8. The average Bonchev–Trinajstić information content (AvgIpc) is 2.53. The Balaban J connectivity index is 3.78. The van der Waals surface area contributed by atoms with Crippen molar-refractivity contribution in [3.05, 3.63) is 25.3 Å². The van der Waals surface area contributed by atoms with E-state index in [-0.39, 0.29) is 0 Å². The molecule has 0 unspecified atom stereocenters. The number of allylic oxidation sites excluding steroid dienone is 2. The van der Waals surface area contributed by atoms with Crippen LogP contribution in [0.25, 0.3) is 0 Å². The summed E-state index contributed by atoms with van der Waals surface area (Å²) in [7, 11) is -1.54. The van der Waals surface area contributed by atoms with Crippen molar-refractivity contribution in [3.63, 3.8) is 0 Å². The topological polar surface area (TPSA) is 0 Å². The van der Waals surface area contributed by atoms with Gasteiger partial charge in [0.25, 0.3) is 0 Å². The molecular formula is C21H41ClSi. The first-order valence-electron chi connectivity index (χ1n) is 9.97. The molecule has 0 aliphatic carbocycles. The third-order valence-electron chi connectivity index (χ3n) is 5.04. The van der Waals surface area contributed by atoms with E-state index in [0.717, 1.165) is 0 Å². The van der Waals surface area contributed by atoms with Crippen LogP contribution in [0.1, 0.15) is 90.9 Å². The highest BCUT2D eigenvalue weighted by Gasteiger charge is 2.33. The van der Waals surface area contributed by atoms with E-state index in [0.29, 0.717) is 5.54 Å². The minimum Gasteiger partial charge on any atom is -0.167 e. The quantitative estimate of drug-likeness (QED) is 0.106. The second-order valence-electron chi connectivity index (χ2n) is 7.38. The van der Waals surface area contributed by atoms with E-state index < -0.39 is 7.38 Å². The second kappa shape index (κ2) is 15.5. The van der Waals surface area contributed by atoms with E-state index in [1.54, 1.807) is 0 Å². The molecule has 0 bridgehead atoms. The predicted molar refractivity (Wildman–Crippen MR) is 112 cm³/mol. The van der Waals surface area contributed by atoms with Crippen LogP contribution in [0, 0.1) is 0 Å². The molecule has 0 aromatic carbocycles. The Hall–Kier alpha value is -0.0131. The van der Waals surface area contributed by atoms with Crippen LogP contribution in [0.4, 0.5) is 0 Å². The third-order valence-corrected chi connectivity index (χ3v) is 11.9. The highest BCUT2D eigenvalue weighted by molar-refractivity contribution is 7.21. The molecular weight excluding hydrogens is 316 g/mol. The molecule has 0 aliphatic heterocycles. The molecule has 0 N–H and O–H groups in total. The highest BCUT2D eigenvalue weighted by atomic mass is 35.6. The maximum absolute atomic E-state index is 7.11. The fourth-order valence-corrected chi connectivity index (χ4v) is 7.06. The number of rotatable bonds is 17. The molecule has 0 saturated heterocycles. The van der Waals surface area contributed by atoms with E-state index in [4.69, 9.17) is 11.1 Å². The van der Waals surface area contributed by atoms with Gasteiger partial charge in [0.2, 0.25) is 0 Å². The molecule has 0 spiro atoms. The standard InChI is InChI=1S/C21H41ClSi/c1-5-7-9-11-13-15-17-19-23(22,21(3)4)20-18-16-14-12-10-8-6-2/h5-6,21H,1-2,7-20H2,3-4H3. The van der Waals surface area contributed by atoms with Gasteiger partial charge in [-0.3, -0.25) is 0 Å². The summed E-state index contributed by atoms with van der Waals surface area (Å²) in [5.41, 5.74) is 0.714. The summed E-state index contributed by atoms with van der Waals surface area (Å²) in [5.74, 6) is 0. The van der Waals surface area contributed by atoms with Crippen molar-refractivity contribution >= 4 is 18.5 Å². The van der Waals surface area contributed by atoms with Crippen LogP contribution < -0.4 is 0 Å². The predicted octanol–water partition coefficient (Wildman–Crippen LogP) is 8.63. The first kappa shape index (κ1) is 23.0. The van der Waals surface area contributed by atoms with Gasteiger partial charge in [-0.2, -0.15) is 11.1 Å². The summed E-state index contributed by atoms with van der Waals surface area (Å²) in [4.78, 5) is 0. The fraction of sp³-hybridized carbons (Fsp3) is 0.810. The highest BCUT2D eigenvalue weighted by Crippen LogP contribution is 2.36. The zero-order valence-electron chi connectivity index (χ0n) is 15.9. The van der Waals surface area contributed by atoms with Gasteiger partial charge in [0, 0.05) is 0 Å². The molecule has 0 heterocycles. The molecule has 136 valence electrons. The Morgan fingerprint density at radius 2 is 1.04 bits per heavy atom. The summed E-state index contributed by atoms with van der Waals surface area (Å²) >= 11 is 7.11. The molecule has 0 fully saturated rings. The van der Waals surface area contributed by atoms with Crippen LogP contribution >= 0.6 is 11.1 Å². The van der Waals surface area contributed by atoms with Gasteiger partial charge in [-0.15, -0.1) is 13.2 Å². The molecule has 0 radical (unpaired) electrons. The van der Waals surface area contributed by atoms with Crippen molar-refractivity contribution in [1.82, 2.24) is 0 Å². The number of hydrogen-bond donors (Lipinski definition) is 0. The van der Waals surface area contributed by atoms with Crippen molar-refractivity contribution in [2.24, 2.45) is 0 Å². The van der Waals surface area contributed by atoms with E-state index in [1.165, 1.54) is 89.1 Å². The number of hydrogen-bond acceptors (Lipinski definition) is 0. The van der Waals surface area contributed by atoms with Crippen molar-refractivity contribution in [3.8, 4) is 0 Å². The van der Waals surface area contributed by atoms with E-state index in [2.05, 4.69) is 27.0 Å². The van der Waals surface area contributed by atoms with Crippen LogP contribution in [-0.2, 0) is 0 Å². The Kier molecular flexibility index (Phi) is 15.5. The third kappa shape index (κ3) is 13.0. The first-order valence-corrected chi connectivity index (χ1v) is 13.5. The SMILES string of the molecule is C=CCCCCCCC[Si](Cl)(CCCCCCCC=C)C(C)C. The van der Waals surface area contributed by atoms with Gasteiger partial charge in [-0.25, -0.2) is 0 Å². The van der Waals surface area contributed by atoms with Crippen LogP contribution in [-0.4, -0.2) is 7.38 Å². The monoisotopic (exact) mass is 356 g/mol. The van der Waals surface area contributed by atoms with E-state index in [1.807, 2.05) is 12.2 Å². The van der Waals surface area contributed by atoms with Crippen LogP contribution in [0.2, 0.25) is 17.6 Å². The Morgan fingerprint density at radius 1 is 0.696 bits per heavy atom. The van der Waals surface area contributed by atoms with Gasteiger partial charge in [0.05, 0.1) is 0 Å². The maximum Gasteiger partial charge on any atom is 0.159 e. The van der Waals surface area contributed by atoms with Crippen LogP contribution in [0.15, 0.2) is 25.3 Å². The van der Waals surface area contributed by atoms with Crippen LogP contribution in [0.5, 0.6) is 0 Å². The molecule has 2 heteroatoms. The maximum atomic E-state index is 7.11. The molecule has 23 heavy (non-hydrogen) atoms. The van der Waals surface area contributed by atoms with Crippen molar-refractivity contribution in [2.75, 3.05) is 0 Å². The number of unbranched alkanes of at least 4 members (excludes halogenated alkanes) is 10. The summed E-state index contributed by atoms with van der Waals surface area (Å²) in [6, 6.07) is 2.65. The van der Waals surface area contributed by atoms with Gasteiger partial charge >= 0.3 is 0 Å². The van der Waals surface area contributed by atoms with Crippen molar-refractivity contribution in [2.45, 2.75) is 109 Å². The van der Waals surface area contributed by atoms with Crippen molar-refractivity contribution in [1.29, 1.82) is 0 Å². The minimum atomic E-state index is -1.54. The van der Waals surface area contributed by atoms with E-state index in [9.17, 15) is 0 Å². The molecule has 0 aromatic heterocycles. The van der Waals surface area contributed by atoms with E-state index >= 15 is 0 Å². The molecule has 0 atom stereocenters. The summed E-state index contributed by atoms with van der Waals surface area (Å²) in [6.07, 6.45) is 19.9. The minimum absolute atomic E-state index is 0.714. The zero-order valence-corrected chi connectivity index (χ0v) is 17.7.